The van der Waals surface area contributed by atoms with Gasteiger partial charge in [-0.15, -0.1) is 5.10 Å². The molecule has 4 aromatic heterocycles. The first-order chi connectivity index (χ1) is 17.7. The maximum atomic E-state index is 13.4. The van der Waals surface area contributed by atoms with Crippen LogP contribution in [0, 0.1) is 0 Å². The summed E-state index contributed by atoms with van der Waals surface area (Å²) in [6.45, 7) is 0.744. The molecule has 0 bridgehead atoms. The van der Waals surface area contributed by atoms with Gasteiger partial charge in [-0.1, -0.05) is 17.3 Å². The van der Waals surface area contributed by atoms with Crippen LogP contribution in [0.15, 0.2) is 53.7 Å². The number of nitrogens with zero attached hydrogens (tertiary/aromatic N) is 8. The fourth-order valence-electron chi connectivity index (χ4n) is 5.16. The van der Waals surface area contributed by atoms with Crippen molar-refractivity contribution in [1.82, 2.24) is 38.4 Å². The molecule has 1 aliphatic rings. The van der Waals surface area contributed by atoms with Gasteiger partial charge in [0.05, 0.1) is 46.9 Å². The van der Waals surface area contributed by atoms with E-state index in [0.29, 0.717) is 24.2 Å². The lowest BCUT2D eigenvalue weighted by Crippen LogP contribution is -2.42. The SMILES string of the molecule is Cn1cc(-c2ccc(-c3ccc4ncc5c(c4c3)n([C@@H]3CCCN(S(C)(=O)=O)C3)c(=O)n5C)cn2)nn1. The minimum Gasteiger partial charge on any atom is -0.293 e. The average Bonchev–Trinajstić information content (AvgIpc) is 3.44. The lowest BCUT2D eigenvalue weighted by Gasteiger charge is -2.31. The number of piperidine rings is 1. The Morgan fingerprint density at radius 1 is 1.00 bits per heavy atom. The predicted octanol–water partition coefficient (Wildman–Crippen LogP) is 2.34. The number of imidazole rings is 1. The number of hydrogen-bond acceptors (Lipinski definition) is 7. The maximum absolute atomic E-state index is 13.4. The van der Waals surface area contributed by atoms with Gasteiger partial charge in [-0.3, -0.25) is 23.8 Å². The normalized spacial score (nSPS) is 17.1. The van der Waals surface area contributed by atoms with Crippen LogP contribution in [0.3, 0.4) is 0 Å². The quantitative estimate of drug-likeness (QED) is 0.358. The Balaban J connectivity index is 1.48. The summed E-state index contributed by atoms with van der Waals surface area (Å²) in [5, 5.41) is 8.91. The minimum atomic E-state index is -3.35. The highest BCUT2D eigenvalue weighted by molar-refractivity contribution is 7.88. The van der Waals surface area contributed by atoms with Gasteiger partial charge in [0.15, 0.2) is 0 Å². The third kappa shape index (κ3) is 4.02. The molecule has 0 amide bonds. The highest BCUT2D eigenvalue weighted by atomic mass is 32.2. The Labute approximate surface area is 213 Å². The highest BCUT2D eigenvalue weighted by Crippen LogP contribution is 2.32. The monoisotopic (exact) mass is 518 g/mol. The van der Waals surface area contributed by atoms with Gasteiger partial charge >= 0.3 is 5.69 Å². The van der Waals surface area contributed by atoms with Crippen molar-refractivity contribution in [3.8, 4) is 22.5 Å². The second-order valence-corrected chi connectivity index (χ2v) is 11.5. The maximum Gasteiger partial charge on any atom is 0.329 e. The van der Waals surface area contributed by atoms with E-state index in [1.54, 1.807) is 33.3 Å². The van der Waals surface area contributed by atoms with Crippen molar-refractivity contribution in [2.75, 3.05) is 19.3 Å². The van der Waals surface area contributed by atoms with Crippen LogP contribution >= 0.6 is 0 Å². The Morgan fingerprint density at radius 3 is 2.51 bits per heavy atom. The first kappa shape index (κ1) is 23.5. The van der Waals surface area contributed by atoms with E-state index in [1.807, 2.05) is 43.6 Å². The van der Waals surface area contributed by atoms with E-state index < -0.39 is 10.0 Å². The number of aromatic nitrogens is 7. The molecule has 1 fully saturated rings. The van der Waals surface area contributed by atoms with E-state index in [0.717, 1.165) is 39.7 Å². The van der Waals surface area contributed by atoms with Crippen molar-refractivity contribution in [2.45, 2.75) is 18.9 Å². The molecule has 0 aliphatic carbocycles. The first-order valence-corrected chi connectivity index (χ1v) is 13.8. The van der Waals surface area contributed by atoms with Crippen LogP contribution in [0.2, 0.25) is 0 Å². The Kier molecular flexibility index (Phi) is 5.46. The largest absolute Gasteiger partial charge is 0.329 e. The fourth-order valence-corrected chi connectivity index (χ4v) is 6.06. The summed E-state index contributed by atoms with van der Waals surface area (Å²) in [5.41, 5.74) is 5.34. The van der Waals surface area contributed by atoms with E-state index in [1.165, 1.54) is 10.6 Å². The lowest BCUT2D eigenvalue weighted by atomic mass is 10.0. The summed E-state index contributed by atoms with van der Waals surface area (Å²) < 4.78 is 31.0. The minimum absolute atomic E-state index is 0.176. The molecular formula is C25H26N8O3S. The number of rotatable bonds is 4. The summed E-state index contributed by atoms with van der Waals surface area (Å²) in [6, 6.07) is 9.57. The Bertz CT molecular complexity index is 1820. The van der Waals surface area contributed by atoms with Gasteiger partial charge in [-0.2, -0.15) is 0 Å². The number of hydrogen-bond donors (Lipinski definition) is 0. The molecule has 0 spiro atoms. The van der Waals surface area contributed by atoms with Crippen LogP contribution in [0.1, 0.15) is 18.9 Å². The van der Waals surface area contributed by atoms with Gasteiger partial charge in [0, 0.05) is 44.3 Å². The van der Waals surface area contributed by atoms with Crippen LogP contribution in [0.4, 0.5) is 0 Å². The molecule has 5 aromatic rings. The van der Waals surface area contributed by atoms with Crippen LogP contribution in [-0.4, -0.2) is 66.2 Å². The van der Waals surface area contributed by atoms with E-state index in [2.05, 4.69) is 20.3 Å². The third-order valence-electron chi connectivity index (χ3n) is 7.07. The van der Waals surface area contributed by atoms with Gasteiger partial charge in [0.25, 0.3) is 0 Å². The molecule has 0 unspecified atom stereocenters. The van der Waals surface area contributed by atoms with Crippen LogP contribution in [0.25, 0.3) is 44.5 Å². The number of fused-ring (bicyclic) bond motifs is 3. The van der Waals surface area contributed by atoms with Gasteiger partial charge in [-0.05, 0) is 36.6 Å². The fraction of sp³-hybridized carbons (Fsp3) is 0.320. The molecule has 37 heavy (non-hydrogen) atoms. The average molecular weight is 519 g/mol. The summed E-state index contributed by atoms with van der Waals surface area (Å²) in [5.74, 6) is 0. The Hall–Kier alpha value is -3.90. The zero-order valence-electron chi connectivity index (χ0n) is 20.7. The molecule has 0 radical (unpaired) electrons. The second-order valence-electron chi connectivity index (χ2n) is 9.56. The summed E-state index contributed by atoms with van der Waals surface area (Å²) in [4.78, 5) is 22.6. The number of sulfonamides is 1. The van der Waals surface area contributed by atoms with Crippen molar-refractivity contribution >= 4 is 32.0 Å². The number of aryl methyl sites for hydroxylation is 2. The van der Waals surface area contributed by atoms with E-state index >= 15 is 0 Å². The highest BCUT2D eigenvalue weighted by Gasteiger charge is 2.30. The van der Waals surface area contributed by atoms with Crippen molar-refractivity contribution in [2.24, 2.45) is 14.1 Å². The molecule has 11 nitrogen and oxygen atoms in total. The lowest BCUT2D eigenvalue weighted by molar-refractivity contribution is 0.267. The third-order valence-corrected chi connectivity index (χ3v) is 8.34. The molecule has 12 heteroatoms. The zero-order chi connectivity index (χ0) is 25.9. The second kappa shape index (κ2) is 8.60. The topological polar surface area (TPSA) is 121 Å². The molecule has 5 heterocycles. The molecule has 1 aliphatic heterocycles. The smallest absolute Gasteiger partial charge is 0.293 e. The van der Waals surface area contributed by atoms with Crippen molar-refractivity contribution in [3.63, 3.8) is 0 Å². The molecule has 1 saturated heterocycles. The van der Waals surface area contributed by atoms with Gasteiger partial charge < -0.3 is 0 Å². The van der Waals surface area contributed by atoms with Crippen molar-refractivity contribution in [1.29, 1.82) is 0 Å². The standard InChI is InChI=1S/C25H26N8O3S/c1-30-15-22(28-29-30)21-9-7-17(12-26-21)16-6-8-20-19(11-16)24-23(13-27-20)31(2)25(34)33(24)18-5-4-10-32(14-18)37(3,35)36/h6-9,11-13,15,18H,4-5,10,14H2,1-3H3/t18-/m1/s1. The van der Waals surface area contributed by atoms with Gasteiger partial charge in [-0.25, -0.2) is 17.5 Å². The van der Waals surface area contributed by atoms with E-state index in [9.17, 15) is 13.2 Å². The zero-order valence-corrected chi connectivity index (χ0v) is 21.6. The summed E-state index contributed by atoms with van der Waals surface area (Å²) >= 11 is 0. The predicted molar refractivity (Wildman–Crippen MR) is 140 cm³/mol. The first-order valence-electron chi connectivity index (χ1n) is 12.0. The van der Waals surface area contributed by atoms with Crippen molar-refractivity contribution < 1.29 is 8.42 Å². The molecule has 0 saturated carbocycles. The van der Waals surface area contributed by atoms with Crippen LogP contribution < -0.4 is 5.69 Å². The molecule has 1 atom stereocenters. The van der Waals surface area contributed by atoms with Gasteiger partial charge in [0.1, 0.15) is 5.69 Å². The molecule has 190 valence electrons. The number of pyridine rings is 2. The molecular weight excluding hydrogens is 492 g/mol. The van der Waals surface area contributed by atoms with Crippen LogP contribution in [-0.2, 0) is 24.1 Å². The van der Waals surface area contributed by atoms with E-state index in [-0.39, 0.29) is 18.3 Å². The molecule has 0 N–H and O–H groups in total. The van der Waals surface area contributed by atoms with E-state index in [4.69, 9.17) is 0 Å². The summed E-state index contributed by atoms with van der Waals surface area (Å²) in [6.07, 6.45) is 7.95. The summed E-state index contributed by atoms with van der Waals surface area (Å²) in [7, 11) is 0.185. The van der Waals surface area contributed by atoms with Crippen molar-refractivity contribution in [3.05, 3.63) is 59.4 Å². The van der Waals surface area contributed by atoms with Crippen LogP contribution in [0.5, 0.6) is 0 Å². The number of benzene rings is 1. The molecule has 1 aromatic carbocycles. The molecule has 6 rings (SSSR count). The Morgan fingerprint density at radius 2 is 1.81 bits per heavy atom. The van der Waals surface area contributed by atoms with Gasteiger partial charge in [0.2, 0.25) is 10.0 Å².